The van der Waals surface area contributed by atoms with Crippen molar-refractivity contribution in [1.29, 1.82) is 0 Å². The van der Waals surface area contributed by atoms with Crippen LogP contribution in [0.5, 0.6) is 0 Å². The minimum absolute atomic E-state index is 0.176. The lowest BCUT2D eigenvalue weighted by Crippen LogP contribution is -2.36. The molecule has 0 unspecified atom stereocenters. The van der Waals surface area contributed by atoms with Crippen molar-refractivity contribution in [3.05, 3.63) is 46.9 Å². The molecule has 1 aliphatic heterocycles. The van der Waals surface area contributed by atoms with Crippen LogP contribution in [0.1, 0.15) is 18.9 Å². The first-order chi connectivity index (χ1) is 10.6. The van der Waals surface area contributed by atoms with Crippen LogP contribution in [0.3, 0.4) is 0 Å². The maximum Gasteiger partial charge on any atom is 0.293 e. The number of hydrogen-bond donors (Lipinski definition) is 1. The first kappa shape index (κ1) is 16.3. The third kappa shape index (κ3) is 4.46. The van der Waals surface area contributed by atoms with E-state index in [2.05, 4.69) is 5.32 Å². The molecule has 0 bridgehead atoms. The molecular formula is C16H18N2O3S. The summed E-state index contributed by atoms with van der Waals surface area (Å²) in [5, 5.41) is 2.30. The molecule has 22 heavy (non-hydrogen) atoms. The van der Waals surface area contributed by atoms with Gasteiger partial charge in [-0.05, 0) is 30.2 Å². The van der Waals surface area contributed by atoms with E-state index in [-0.39, 0.29) is 30.1 Å². The fourth-order valence-corrected chi connectivity index (χ4v) is 2.96. The molecule has 0 saturated carbocycles. The fourth-order valence-electron chi connectivity index (χ4n) is 2.09. The van der Waals surface area contributed by atoms with Crippen molar-refractivity contribution in [2.75, 3.05) is 13.1 Å². The average molecular weight is 318 g/mol. The van der Waals surface area contributed by atoms with Gasteiger partial charge >= 0.3 is 0 Å². The summed E-state index contributed by atoms with van der Waals surface area (Å²) in [4.78, 5) is 36.4. The van der Waals surface area contributed by atoms with Crippen LogP contribution >= 0.6 is 11.8 Å². The first-order valence-electron chi connectivity index (χ1n) is 7.10. The van der Waals surface area contributed by atoms with Crippen molar-refractivity contribution in [3.8, 4) is 0 Å². The van der Waals surface area contributed by atoms with Gasteiger partial charge in [0.1, 0.15) is 0 Å². The van der Waals surface area contributed by atoms with Crippen LogP contribution in [0, 0.1) is 0 Å². The number of nitrogens with zero attached hydrogens (tertiary/aromatic N) is 1. The van der Waals surface area contributed by atoms with Crippen molar-refractivity contribution in [2.24, 2.45) is 0 Å². The molecule has 0 atom stereocenters. The minimum atomic E-state index is -0.277. The first-order valence-corrected chi connectivity index (χ1v) is 7.92. The van der Waals surface area contributed by atoms with Gasteiger partial charge in [0.05, 0.1) is 4.91 Å². The van der Waals surface area contributed by atoms with Gasteiger partial charge in [-0.1, -0.05) is 36.4 Å². The molecule has 1 saturated heterocycles. The Kier molecular flexibility index (Phi) is 5.77. The number of imide groups is 1. The zero-order valence-corrected chi connectivity index (χ0v) is 13.2. The molecule has 6 heteroatoms. The highest BCUT2D eigenvalue weighted by molar-refractivity contribution is 8.18. The topological polar surface area (TPSA) is 66.5 Å². The van der Waals surface area contributed by atoms with E-state index in [4.69, 9.17) is 0 Å². The molecule has 1 aromatic carbocycles. The van der Waals surface area contributed by atoms with E-state index in [1.165, 1.54) is 17.4 Å². The van der Waals surface area contributed by atoms with Crippen LogP contribution in [-0.2, 0) is 16.0 Å². The van der Waals surface area contributed by atoms with Crippen LogP contribution in [0.2, 0.25) is 0 Å². The Balaban J connectivity index is 1.87. The standard InChI is InChI=1S/C16H18N2O3S/c1-12(19)17-10-11-18-15(20)14(22-16(18)21)9-5-8-13-6-3-2-4-7-13/h2-4,6-7,9H,5,8,10-11H2,1H3,(H,17,19)/b14-9-. The van der Waals surface area contributed by atoms with Crippen molar-refractivity contribution < 1.29 is 14.4 Å². The van der Waals surface area contributed by atoms with Crippen LogP contribution in [0.25, 0.3) is 0 Å². The Morgan fingerprint density at radius 2 is 2.00 bits per heavy atom. The van der Waals surface area contributed by atoms with E-state index >= 15 is 0 Å². The predicted octanol–water partition coefficient (Wildman–Crippen LogP) is 2.33. The highest BCUT2D eigenvalue weighted by atomic mass is 32.2. The molecule has 0 spiro atoms. The fraction of sp³-hybridized carbons (Fsp3) is 0.312. The van der Waals surface area contributed by atoms with Gasteiger partial charge in [0.25, 0.3) is 11.1 Å². The summed E-state index contributed by atoms with van der Waals surface area (Å²) in [6.07, 6.45) is 3.36. The van der Waals surface area contributed by atoms with Crippen LogP contribution < -0.4 is 5.32 Å². The largest absolute Gasteiger partial charge is 0.355 e. The molecule has 0 radical (unpaired) electrons. The maximum atomic E-state index is 12.1. The Bertz CT molecular complexity index is 599. The number of rotatable bonds is 6. The van der Waals surface area contributed by atoms with E-state index in [1.807, 2.05) is 36.4 Å². The molecule has 1 fully saturated rings. The van der Waals surface area contributed by atoms with Gasteiger partial charge in [-0.25, -0.2) is 0 Å². The number of allylic oxidation sites excluding steroid dienone is 1. The summed E-state index contributed by atoms with van der Waals surface area (Å²) in [7, 11) is 0. The Labute approximate surface area is 133 Å². The summed E-state index contributed by atoms with van der Waals surface area (Å²) in [6, 6.07) is 9.99. The zero-order chi connectivity index (χ0) is 15.9. The molecule has 5 nitrogen and oxygen atoms in total. The number of carbonyl (C=O) groups is 3. The number of aryl methyl sites for hydroxylation is 1. The molecule has 2 rings (SSSR count). The van der Waals surface area contributed by atoms with E-state index in [1.54, 1.807) is 0 Å². The number of benzene rings is 1. The van der Waals surface area contributed by atoms with E-state index in [0.717, 1.165) is 18.2 Å². The Morgan fingerprint density at radius 3 is 2.68 bits per heavy atom. The second-order valence-electron chi connectivity index (χ2n) is 4.90. The van der Waals surface area contributed by atoms with Gasteiger partial charge in [-0.15, -0.1) is 0 Å². The second kappa shape index (κ2) is 7.79. The SMILES string of the molecule is CC(=O)NCCN1C(=O)S/C(=C\CCc2ccccc2)C1=O. The lowest BCUT2D eigenvalue weighted by Gasteiger charge is -2.12. The predicted molar refractivity (Wildman–Crippen MR) is 86.2 cm³/mol. The molecule has 3 amide bonds. The van der Waals surface area contributed by atoms with E-state index < -0.39 is 0 Å². The number of amides is 3. The highest BCUT2D eigenvalue weighted by Crippen LogP contribution is 2.30. The van der Waals surface area contributed by atoms with Crippen molar-refractivity contribution >= 4 is 28.8 Å². The number of nitrogens with one attached hydrogen (secondary N) is 1. The highest BCUT2D eigenvalue weighted by Gasteiger charge is 2.34. The van der Waals surface area contributed by atoms with Gasteiger partial charge in [-0.2, -0.15) is 0 Å². The zero-order valence-electron chi connectivity index (χ0n) is 12.4. The molecule has 1 aromatic rings. The van der Waals surface area contributed by atoms with Gasteiger partial charge in [0.15, 0.2) is 0 Å². The third-order valence-corrected chi connectivity index (χ3v) is 4.14. The van der Waals surface area contributed by atoms with Gasteiger partial charge in [0, 0.05) is 20.0 Å². The van der Waals surface area contributed by atoms with E-state index in [0.29, 0.717) is 11.3 Å². The third-order valence-electron chi connectivity index (χ3n) is 3.19. The van der Waals surface area contributed by atoms with Crippen LogP contribution in [0.4, 0.5) is 4.79 Å². The van der Waals surface area contributed by atoms with Crippen molar-refractivity contribution in [2.45, 2.75) is 19.8 Å². The minimum Gasteiger partial charge on any atom is -0.355 e. The molecule has 0 aliphatic carbocycles. The summed E-state index contributed by atoms with van der Waals surface area (Å²) >= 11 is 0.962. The molecule has 116 valence electrons. The lowest BCUT2D eigenvalue weighted by atomic mass is 10.1. The summed E-state index contributed by atoms with van der Waals surface area (Å²) in [5.41, 5.74) is 1.20. The van der Waals surface area contributed by atoms with Crippen LogP contribution in [-0.4, -0.2) is 35.0 Å². The molecule has 0 aromatic heterocycles. The molecular weight excluding hydrogens is 300 g/mol. The summed E-state index contributed by atoms with van der Waals surface area (Å²) < 4.78 is 0. The normalized spacial score (nSPS) is 16.4. The molecule has 1 N–H and O–H groups in total. The van der Waals surface area contributed by atoms with E-state index in [9.17, 15) is 14.4 Å². The number of hydrogen-bond acceptors (Lipinski definition) is 4. The summed E-state index contributed by atoms with van der Waals surface area (Å²) in [6.45, 7) is 1.89. The Hall–Kier alpha value is -2.08. The van der Waals surface area contributed by atoms with Gasteiger partial charge in [-0.3, -0.25) is 19.3 Å². The van der Waals surface area contributed by atoms with Crippen molar-refractivity contribution in [1.82, 2.24) is 10.2 Å². The quantitative estimate of drug-likeness (QED) is 0.818. The molecule has 1 heterocycles. The maximum absolute atomic E-state index is 12.1. The Morgan fingerprint density at radius 1 is 1.27 bits per heavy atom. The number of thioether (sulfide) groups is 1. The number of carbonyl (C=O) groups excluding carboxylic acids is 3. The van der Waals surface area contributed by atoms with Crippen molar-refractivity contribution in [3.63, 3.8) is 0 Å². The van der Waals surface area contributed by atoms with Crippen LogP contribution in [0.15, 0.2) is 41.3 Å². The molecule has 1 aliphatic rings. The van der Waals surface area contributed by atoms with Gasteiger partial charge in [0.2, 0.25) is 5.91 Å². The lowest BCUT2D eigenvalue weighted by molar-refractivity contribution is -0.123. The summed E-state index contributed by atoms with van der Waals surface area (Å²) in [5.74, 6) is -0.446. The monoisotopic (exact) mass is 318 g/mol. The smallest absolute Gasteiger partial charge is 0.293 e. The second-order valence-corrected chi connectivity index (χ2v) is 5.89. The average Bonchev–Trinajstić information content (AvgIpc) is 2.76. The van der Waals surface area contributed by atoms with Gasteiger partial charge < -0.3 is 5.32 Å².